The van der Waals surface area contributed by atoms with E-state index >= 15 is 0 Å². The van der Waals surface area contributed by atoms with Gasteiger partial charge >= 0.3 is 0 Å². The molecule has 0 bridgehead atoms. The molecule has 2 aromatic rings. The van der Waals surface area contributed by atoms with Gasteiger partial charge in [-0.15, -0.1) is 0 Å². The summed E-state index contributed by atoms with van der Waals surface area (Å²) in [6, 6.07) is 15.7. The number of anilines is 1. The van der Waals surface area contributed by atoms with E-state index in [-0.39, 0.29) is 11.9 Å². The van der Waals surface area contributed by atoms with Crippen LogP contribution in [0.5, 0.6) is 0 Å². The maximum absolute atomic E-state index is 12.4. The first-order valence-electron chi connectivity index (χ1n) is 6.41. The van der Waals surface area contributed by atoms with E-state index in [1.165, 1.54) is 0 Å². The average molecular weight is 252 g/mol. The van der Waals surface area contributed by atoms with E-state index in [2.05, 4.69) is 19.1 Å². The first-order chi connectivity index (χ1) is 9.16. The lowest BCUT2D eigenvalue weighted by Crippen LogP contribution is -2.27. The van der Waals surface area contributed by atoms with Gasteiger partial charge < -0.3 is 10.6 Å². The smallest absolute Gasteiger partial charge is 0.255 e. The molecule has 2 N–H and O–H groups in total. The fourth-order valence-corrected chi connectivity index (χ4v) is 2.57. The lowest BCUT2D eigenvalue weighted by atomic mass is 10.1. The van der Waals surface area contributed by atoms with Gasteiger partial charge in [-0.3, -0.25) is 4.79 Å². The Balaban J connectivity index is 1.92. The van der Waals surface area contributed by atoms with Crippen LogP contribution >= 0.6 is 0 Å². The fraction of sp³-hybridized carbons (Fsp3) is 0.188. The van der Waals surface area contributed by atoms with Crippen molar-refractivity contribution in [1.29, 1.82) is 0 Å². The highest BCUT2D eigenvalue weighted by molar-refractivity contribution is 5.99. The molecule has 3 nitrogen and oxygen atoms in total. The number of fused-ring (bicyclic) bond motifs is 1. The number of nitrogen functional groups attached to an aromatic ring is 1. The van der Waals surface area contributed by atoms with Crippen LogP contribution in [0.2, 0.25) is 0 Å². The number of rotatable bonds is 2. The topological polar surface area (TPSA) is 46.3 Å². The van der Waals surface area contributed by atoms with E-state index in [9.17, 15) is 4.79 Å². The Hall–Kier alpha value is -2.29. The standard InChI is InChI=1S/C16H16N2O/c1-11(12-5-3-2-4-6-12)18-10-13-7-8-14(17)9-15(13)16(18)19/h2-9,11H,10,17H2,1H3. The summed E-state index contributed by atoms with van der Waals surface area (Å²) in [6.07, 6.45) is 0. The van der Waals surface area contributed by atoms with Crippen molar-refractivity contribution in [3.63, 3.8) is 0 Å². The van der Waals surface area contributed by atoms with E-state index in [4.69, 9.17) is 5.73 Å². The maximum Gasteiger partial charge on any atom is 0.255 e. The fourth-order valence-electron chi connectivity index (χ4n) is 2.57. The molecule has 1 unspecified atom stereocenters. The van der Waals surface area contributed by atoms with Crippen LogP contribution in [0.4, 0.5) is 5.69 Å². The third-order valence-corrected chi connectivity index (χ3v) is 3.72. The van der Waals surface area contributed by atoms with Gasteiger partial charge in [-0.2, -0.15) is 0 Å². The van der Waals surface area contributed by atoms with Crippen LogP contribution in [0.3, 0.4) is 0 Å². The SMILES string of the molecule is CC(c1ccccc1)N1Cc2ccc(N)cc2C1=O. The number of hydrogen-bond donors (Lipinski definition) is 1. The molecule has 0 aromatic heterocycles. The van der Waals surface area contributed by atoms with E-state index < -0.39 is 0 Å². The zero-order valence-corrected chi connectivity index (χ0v) is 10.8. The van der Waals surface area contributed by atoms with Crippen LogP contribution < -0.4 is 5.73 Å². The molecule has 1 amide bonds. The van der Waals surface area contributed by atoms with Gasteiger partial charge in [0.05, 0.1) is 6.04 Å². The van der Waals surface area contributed by atoms with E-state index in [1.807, 2.05) is 35.2 Å². The van der Waals surface area contributed by atoms with E-state index in [1.54, 1.807) is 6.07 Å². The Morgan fingerprint density at radius 2 is 1.89 bits per heavy atom. The molecular formula is C16H16N2O. The summed E-state index contributed by atoms with van der Waals surface area (Å²) in [5.41, 5.74) is 9.34. The third-order valence-electron chi connectivity index (χ3n) is 3.72. The van der Waals surface area contributed by atoms with Gasteiger partial charge in [-0.25, -0.2) is 0 Å². The lowest BCUT2D eigenvalue weighted by molar-refractivity contribution is 0.0716. The van der Waals surface area contributed by atoms with Gasteiger partial charge in [0, 0.05) is 17.8 Å². The molecule has 1 aliphatic heterocycles. The monoisotopic (exact) mass is 252 g/mol. The Morgan fingerprint density at radius 1 is 1.16 bits per heavy atom. The van der Waals surface area contributed by atoms with Crippen LogP contribution in [0.15, 0.2) is 48.5 Å². The number of nitrogens with two attached hydrogens (primary N) is 1. The normalized spacial score (nSPS) is 15.4. The van der Waals surface area contributed by atoms with Crippen LogP contribution in [0.25, 0.3) is 0 Å². The van der Waals surface area contributed by atoms with Gasteiger partial charge in [0.1, 0.15) is 0 Å². The quantitative estimate of drug-likeness (QED) is 0.835. The molecule has 96 valence electrons. The Bertz CT molecular complexity index is 622. The summed E-state index contributed by atoms with van der Waals surface area (Å²) in [5.74, 6) is 0.0682. The summed E-state index contributed by atoms with van der Waals surface area (Å²) in [7, 11) is 0. The molecule has 3 rings (SSSR count). The van der Waals surface area contributed by atoms with Crippen LogP contribution in [0, 0.1) is 0 Å². The van der Waals surface area contributed by atoms with E-state index in [0.29, 0.717) is 12.2 Å². The number of amides is 1. The first kappa shape index (κ1) is 11.8. The number of carbonyl (C=O) groups excluding carboxylic acids is 1. The molecule has 1 aliphatic rings. The van der Waals surface area contributed by atoms with Crippen molar-refractivity contribution in [2.45, 2.75) is 19.5 Å². The second-order valence-corrected chi connectivity index (χ2v) is 4.94. The molecule has 0 radical (unpaired) electrons. The largest absolute Gasteiger partial charge is 0.399 e. The number of carbonyl (C=O) groups is 1. The van der Waals surface area contributed by atoms with Crippen molar-refractivity contribution >= 4 is 11.6 Å². The molecule has 0 saturated heterocycles. The lowest BCUT2D eigenvalue weighted by Gasteiger charge is -2.24. The van der Waals surface area contributed by atoms with E-state index in [0.717, 1.165) is 16.7 Å². The number of benzene rings is 2. The summed E-state index contributed by atoms with van der Waals surface area (Å²) < 4.78 is 0. The van der Waals surface area contributed by atoms with Crippen molar-refractivity contribution in [1.82, 2.24) is 4.90 Å². The van der Waals surface area contributed by atoms with Crippen molar-refractivity contribution < 1.29 is 4.79 Å². The number of nitrogens with zero attached hydrogens (tertiary/aromatic N) is 1. The molecule has 0 saturated carbocycles. The summed E-state index contributed by atoms with van der Waals surface area (Å²) in [5, 5.41) is 0. The van der Waals surface area contributed by atoms with Gasteiger partial charge in [-0.05, 0) is 30.2 Å². The molecule has 0 fully saturated rings. The molecule has 2 aromatic carbocycles. The predicted molar refractivity (Wildman–Crippen MR) is 75.6 cm³/mol. The van der Waals surface area contributed by atoms with Crippen molar-refractivity contribution in [2.75, 3.05) is 5.73 Å². The second kappa shape index (κ2) is 4.43. The first-order valence-corrected chi connectivity index (χ1v) is 6.41. The Morgan fingerprint density at radius 3 is 2.63 bits per heavy atom. The third kappa shape index (κ3) is 1.97. The van der Waals surface area contributed by atoms with Gasteiger partial charge in [-0.1, -0.05) is 36.4 Å². The Kier molecular flexibility index (Phi) is 2.75. The highest BCUT2D eigenvalue weighted by Gasteiger charge is 2.31. The van der Waals surface area contributed by atoms with Gasteiger partial charge in [0.2, 0.25) is 0 Å². The van der Waals surface area contributed by atoms with Crippen molar-refractivity contribution in [2.24, 2.45) is 0 Å². The minimum Gasteiger partial charge on any atom is -0.399 e. The highest BCUT2D eigenvalue weighted by atomic mass is 16.2. The van der Waals surface area contributed by atoms with Gasteiger partial charge in [0.15, 0.2) is 0 Å². The molecule has 19 heavy (non-hydrogen) atoms. The molecule has 1 atom stereocenters. The van der Waals surface area contributed by atoms with Crippen LogP contribution in [0.1, 0.15) is 34.5 Å². The van der Waals surface area contributed by atoms with Crippen molar-refractivity contribution in [3.8, 4) is 0 Å². The second-order valence-electron chi connectivity index (χ2n) is 4.94. The molecule has 3 heteroatoms. The molecule has 0 aliphatic carbocycles. The Labute approximate surface area is 112 Å². The minimum absolute atomic E-state index is 0.0682. The predicted octanol–water partition coefficient (Wildman–Crippen LogP) is 2.99. The molecule has 1 heterocycles. The molecule has 0 spiro atoms. The summed E-state index contributed by atoms with van der Waals surface area (Å²) in [4.78, 5) is 14.3. The zero-order chi connectivity index (χ0) is 13.4. The minimum atomic E-state index is 0.0682. The summed E-state index contributed by atoms with van der Waals surface area (Å²) in [6.45, 7) is 2.72. The van der Waals surface area contributed by atoms with Crippen LogP contribution in [-0.2, 0) is 6.54 Å². The zero-order valence-electron chi connectivity index (χ0n) is 10.8. The molecular weight excluding hydrogens is 236 g/mol. The van der Waals surface area contributed by atoms with Gasteiger partial charge in [0.25, 0.3) is 5.91 Å². The average Bonchev–Trinajstić information content (AvgIpc) is 2.76. The summed E-state index contributed by atoms with van der Waals surface area (Å²) >= 11 is 0. The van der Waals surface area contributed by atoms with Crippen molar-refractivity contribution in [3.05, 3.63) is 65.2 Å². The maximum atomic E-state index is 12.4. The highest BCUT2D eigenvalue weighted by Crippen LogP contribution is 2.31. The van der Waals surface area contributed by atoms with Crippen LogP contribution in [-0.4, -0.2) is 10.8 Å². The number of hydrogen-bond acceptors (Lipinski definition) is 2.